The van der Waals surface area contributed by atoms with Gasteiger partial charge in [0.1, 0.15) is 0 Å². The van der Waals surface area contributed by atoms with Gasteiger partial charge < -0.3 is 0 Å². The fourth-order valence-corrected chi connectivity index (χ4v) is 3.16. The van der Waals surface area contributed by atoms with Crippen molar-refractivity contribution in [2.24, 2.45) is 11.8 Å². The van der Waals surface area contributed by atoms with Crippen LogP contribution in [0.25, 0.3) is 10.9 Å². The van der Waals surface area contributed by atoms with E-state index in [1.165, 1.54) is 36.6 Å². The van der Waals surface area contributed by atoms with E-state index in [1.54, 1.807) is 0 Å². The Morgan fingerprint density at radius 1 is 1.17 bits per heavy atom. The third-order valence-electron chi connectivity index (χ3n) is 4.07. The van der Waals surface area contributed by atoms with Gasteiger partial charge in [-0.2, -0.15) is 0 Å². The molecule has 1 saturated carbocycles. The fourth-order valence-electron chi connectivity index (χ4n) is 3.16. The standard InChI is InChI=1S/C15H19N3/c16-18-15(11-5-1-2-6-11)13-9-10-17-14-8-4-3-7-12(13)14/h3-4,7-11,15,18H,1-2,5-6,16H2. The maximum atomic E-state index is 5.81. The molecule has 0 spiro atoms. The second-order valence-corrected chi connectivity index (χ2v) is 5.11. The molecule has 1 aromatic heterocycles. The molecule has 1 aliphatic carbocycles. The normalized spacial score (nSPS) is 18.3. The SMILES string of the molecule is NNC(c1ccnc2ccccc12)C1CCCC1. The minimum Gasteiger partial charge on any atom is -0.271 e. The van der Waals surface area contributed by atoms with Crippen LogP contribution in [0.1, 0.15) is 37.3 Å². The molecule has 1 fully saturated rings. The lowest BCUT2D eigenvalue weighted by Gasteiger charge is -2.24. The monoisotopic (exact) mass is 241 g/mol. The van der Waals surface area contributed by atoms with Crippen molar-refractivity contribution in [2.45, 2.75) is 31.7 Å². The molecule has 1 aromatic carbocycles. The molecular formula is C15H19N3. The van der Waals surface area contributed by atoms with Gasteiger partial charge in [0.25, 0.3) is 0 Å². The van der Waals surface area contributed by atoms with Gasteiger partial charge in [0.05, 0.1) is 5.52 Å². The fraction of sp³-hybridized carbons (Fsp3) is 0.400. The highest BCUT2D eigenvalue weighted by Crippen LogP contribution is 2.37. The van der Waals surface area contributed by atoms with Crippen LogP contribution in [0.5, 0.6) is 0 Å². The topological polar surface area (TPSA) is 50.9 Å². The van der Waals surface area contributed by atoms with Gasteiger partial charge in [-0.05, 0) is 36.5 Å². The first kappa shape index (κ1) is 11.6. The minimum atomic E-state index is 0.250. The predicted octanol–water partition coefficient (Wildman–Crippen LogP) is 2.93. The largest absolute Gasteiger partial charge is 0.271 e. The van der Waals surface area contributed by atoms with E-state index >= 15 is 0 Å². The molecule has 3 nitrogen and oxygen atoms in total. The third-order valence-corrected chi connectivity index (χ3v) is 4.07. The molecule has 1 unspecified atom stereocenters. The Morgan fingerprint density at radius 2 is 1.94 bits per heavy atom. The molecule has 2 aromatic rings. The molecule has 1 heterocycles. The van der Waals surface area contributed by atoms with Gasteiger partial charge in [-0.15, -0.1) is 0 Å². The molecule has 18 heavy (non-hydrogen) atoms. The summed E-state index contributed by atoms with van der Waals surface area (Å²) in [4.78, 5) is 4.42. The number of hydrogen-bond donors (Lipinski definition) is 2. The summed E-state index contributed by atoms with van der Waals surface area (Å²) in [7, 11) is 0. The van der Waals surface area contributed by atoms with Crippen LogP contribution in [0.15, 0.2) is 36.5 Å². The van der Waals surface area contributed by atoms with E-state index in [1.807, 2.05) is 12.3 Å². The van der Waals surface area contributed by atoms with Crippen LogP contribution in [-0.4, -0.2) is 4.98 Å². The maximum Gasteiger partial charge on any atom is 0.0705 e. The molecule has 1 aliphatic rings. The molecule has 94 valence electrons. The average molecular weight is 241 g/mol. The van der Waals surface area contributed by atoms with Gasteiger partial charge in [0, 0.05) is 17.6 Å². The van der Waals surface area contributed by atoms with Crippen molar-refractivity contribution in [3.8, 4) is 0 Å². The molecule has 3 rings (SSSR count). The van der Waals surface area contributed by atoms with Crippen molar-refractivity contribution in [1.82, 2.24) is 10.4 Å². The zero-order valence-corrected chi connectivity index (χ0v) is 10.5. The first-order chi connectivity index (χ1) is 8.90. The summed E-state index contributed by atoms with van der Waals surface area (Å²) in [6.45, 7) is 0. The number of fused-ring (bicyclic) bond motifs is 1. The first-order valence-electron chi connectivity index (χ1n) is 6.70. The molecule has 0 saturated heterocycles. The lowest BCUT2D eigenvalue weighted by molar-refractivity contribution is 0.375. The van der Waals surface area contributed by atoms with Crippen molar-refractivity contribution in [1.29, 1.82) is 0 Å². The molecule has 1 atom stereocenters. The van der Waals surface area contributed by atoms with Crippen LogP contribution < -0.4 is 11.3 Å². The number of aromatic nitrogens is 1. The summed E-state index contributed by atoms with van der Waals surface area (Å²) < 4.78 is 0. The molecular weight excluding hydrogens is 222 g/mol. The van der Waals surface area contributed by atoms with Gasteiger partial charge in [0.2, 0.25) is 0 Å². The highest BCUT2D eigenvalue weighted by atomic mass is 15.2. The summed E-state index contributed by atoms with van der Waals surface area (Å²) >= 11 is 0. The van der Waals surface area contributed by atoms with Crippen LogP contribution in [0, 0.1) is 5.92 Å². The van der Waals surface area contributed by atoms with E-state index in [9.17, 15) is 0 Å². The van der Waals surface area contributed by atoms with E-state index in [0.29, 0.717) is 5.92 Å². The van der Waals surface area contributed by atoms with Crippen molar-refractivity contribution in [2.75, 3.05) is 0 Å². The molecule has 0 amide bonds. The molecule has 0 aliphatic heterocycles. The Labute approximate surface area is 107 Å². The van der Waals surface area contributed by atoms with E-state index < -0.39 is 0 Å². The lowest BCUT2D eigenvalue weighted by Crippen LogP contribution is -2.32. The summed E-state index contributed by atoms with van der Waals surface area (Å²) in [6.07, 6.45) is 7.08. The molecule has 0 bridgehead atoms. The van der Waals surface area contributed by atoms with E-state index in [4.69, 9.17) is 5.84 Å². The van der Waals surface area contributed by atoms with E-state index in [2.05, 4.69) is 34.7 Å². The van der Waals surface area contributed by atoms with Crippen molar-refractivity contribution in [3.05, 3.63) is 42.1 Å². The number of nitrogens with one attached hydrogen (secondary N) is 1. The van der Waals surface area contributed by atoms with Crippen molar-refractivity contribution in [3.63, 3.8) is 0 Å². The van der Waals surface area contributed by atoms with Gasteiger partial charge in [-0.25, -0.2) is 0 Å². The van der Waals surface area contributed by atoms with Crippen LogP contribution in [0.3, 0.4) is 0 Å². The number of hydrazine groups is 1. The number of benzene rings is 1. The number of rotatable bonds is 3. The summed E-state index contributed by atoms with van der Waals surface area (Å²) in [5.41, 5.74) is 5.36. The number of hydrogen-bond acceptors (Lipinski definition) is 3. The second-order valence-electron chi connectivity index (χ2n) is 5.11. The van der Waals surface area contributed by atoms with Gasteiger partial charge >= 0.3 is 0 Å². The van der Waals surface area contributed by atoms with Crippen molar-refractivity contribution < 1.29 is 0 Å². The van der Waals surface area contributed by atoms with Crippen LogP contribution >= 0.6 is 0 Å². The second kappa shape index (κ2) is 5.04. The molecule has 3 heteroatoms. The Bertz CT molecular complexity index is 527. The third kappa shape index (κ3) is 2.00. The number of para-hydroxylation sites is 1. The minimum absolute atomic E-state index is 0.250. The lowest BCUT2D eigenvalue weighted by atomic mass is 9.90. The predicted molar refractivity (Wildman–Crippen MR) is 73.8 cm³/mol. The average Bonchev–Trinajstić information content (AvgIpc) is 2.94. The summed E-state index contributed by atoms with van der Waals surface area (Å²) in [5, 5.41) is 1.22. The van der Waals surface area contributed by atoms with Gasteiger partial charge in [-0.3, -0.25) is 16.3 Å². The smallest absolute Gasteiger partial charge is 0.0705 e. The maximum absolute atomic E-state index is 5.81. The summed E-state index contributed by atoms with van der Waals surface area (Å²) in [5.74, 6) is 6.46. The number of nitrogens with zero attached hydrogens (tertiary/aromatic N) is 1. The highest BCUT2D eigenvalue weighted by Gasteiger charge is 2.26. The summed E-state index contributed by atoms with van der Waals surface area (Å²) in [6, 6.07) is 10.6. The van der Waals surface area contributed by atoms with E-state index in [0.717, 1.165) is 5.52 Å². The van der Waals surface area contributed by atoms with Gasteiger partial charge in [0.15, 0.2) is 0 Å². The quantitative estimate of drug-likeness (QED) is 0.641. The zero-order valence-electron chi connectivity index (χ0n) is 10.5. The Kier molecular flexibility index (Phi) is 3.26. The van der Waals surface area contributed by atoms with Crippen LogP contribution in [0.2, 0.25) is 0 Å². The van der Waals surface area contributed by atoms with Gasteiger partial charge in [-0.1, -0.05) is 31.0 Å². The van der Waals surface area contributed by atoms with Crippen LogP contribution in [-0.2, 0) is 0 Å². The Hall–Kier alpha value is -1.45. The number of nitrogens with two attached hydrogens (primary N) is 1. The van der Waals surface area contributed by atoms with Crippen molar-refractivity contribution >= 4 is 10.9 Å². The number of pyridine rings is 1. The van der Waals surface area contributed by atoms with E-state index in [-0.39, 0.29) is 6.04 Å². The molecule has 3 N–H and O–H groups in total. The highest BCUT2D eigenvalue weighted by molar-refractivity contribution is 5.82. The molecule has 0 radical (unpaired) electrons. The Balaban J connectivity index is 2.06. The Morgan fingerprint density at radius 3 is 2.72 bits per heavy atom. The first-order valence-corrected chi connectivity index (χ1v) is 6.70. The van der Waals surface area contributed by atoms with Crippen LogP contribution in [0.4, 0.5) is 0 Å². The zero-order chi connectivity index (χ0) is 12.4.